The van der Waals surface area contributed by atoms with Crippen LogP contribution in [-0.4, -0.2) is 44.1 Å². The van der Waals surface area contributed by atoms with Crippen molar-refractivity contribution in [2.24, 2.45) is 0 Å². The molecule has 0 aliphatic carbocycles. The summed E-state index contributed by atoms with van der Waals surface area (Å²) in [6, 6.07) is 8.30. The highest BCUT2D eigenvalue weighted by atomic mass is 16.4. The number of benzene rings is 1. The molecule has 4 N–H and O–H groups in total. The van der Waals surface area contributed by atoms with Crippen LogP contribution in [-0.2, 0) is 4.79 Å². The molecule has 1 aromatic rings. The number of carboxylic acids is 1. The molecule has 1 rings (SSSR count). The van der Waals surface area contributed by atoms with Gasteiger partial charge in [0.2, 0.25) is 0 Å². The number of rotatable bonds is 1. The zero-order valence-electron chi connectivity index (χ0n) is 14.1. The van der Waals surface area contributed by atoms with Gasteiger partial charge in [-0.1, -0.05) is 30.0 Å². The van der Waals surface area contributed by atoms with Crippen LogP contribution < -0.4 is 0 Å². The number of carboxylic acid groups (broad SMARTS) is 2. The molecule has 0 heterocycles. The summed E-state index contributed by atoms with van der Waals surface area (Å²) in [6.07, 6.45) is 0. The monoisotopic (exact) mass is 334 g/mol. The van der Waals surface area contributed by atoms with E-state index in [4.69, 9.17) is 25.2 Å². The number of aliphatic hydroxyl groups is 2. The average molecular weight is 334 g/mol. The van der Waals surface area contributed by atoms with Gasteiger partial charge in [0.05, 0.1) is 5.56 Å². The van der Waals surface area contributed by atoms with Gasteiger partial charge in [0.25, 0.3) is 6.47 Å². The molecule has 6 heteroatoms. The van der Waals surface area contributed by atoms with Gasteiger partial charge in [-0.25, -0.2) is 4.79 Å². The first-order chi connectivity index (χ1) is 10.9. The van der Waals surface area contributed by atoms with Gasteiger partial charge in [-0.15, -0.1) is 0 Å². The van der Waals surface area contributed by atoms with Crippen LogP contribution in [0.15, 0.2) is 30.3 Å². The second-order valence-corrected chi connectivity index (χ2v) is 5.39. The molecule has 0 saturated heterocycles. The first-order valence-corrected chi connectivity index (χ1v) is 6.78. The summed E-state index contributed by atoms with van der Waals surface area (Å²) in [5.74, 6) is 9.07. The molecule has 0 atom stereocenters. The zero-order chi connectivity index (χ0) is 19.2. The summed E-state index contributed by atoms with van der Waals surface area (Å²) in [7, 11) is 0. The van der Waals surface area contributed by atoms with Crippen molar-refractivity contribution in [2.75, 3.05) is 0 Å². The Morgan fingerprint density at radius 2 is 1.29 bits per heavy atom. The molecule has 0 bridgehead atoms. The van der Waals surface area contributed by atoms with Crippen molar-refractivity contribution in [3.8, 4) is 23.7 Å². The van der Waals surface area contributed by atoms with Gasteiger partial charge < -0.3 is 20.4 Å². The predicted molar refractivity (Wildman–Crippen MR) is 90.2 cm³/mol. The van der Waals surface area contributed by atoms with Crippen LogP contribution in [0.4, 0.5) is 0 Å². The van der Waals surface area contributed by atoms with Crippen LogP contribution in [0.5, 0.6) is 0 Å². The number of hydrogen-bond donors (Lipinski definition) is 4. The molecule has 0 radical (unpaired) electrons. The highest BCUT2D eigenvalue weighted by Crippen LogP contribution is 1.97. The summed E-state index contributed by atoms with van der Waals surface area (Å²) in [4.78, 5) is 18.6. The first kappa shape index (κ1) is 23.5. The Kier molecular flexibility index (Phi) is 11.5. The van der Waals surface area contributed by atoms with E-state index in [1.54, 1.807) is 58.0 Å². The highest BCUT2D eigenvalue weighted by Gasteiger charge is 2.06. The summed E-state index contributed by atoms with van der Waals surface area (Å²) >= 11 is 0. The third kappa shape index (κ3) is 19.2. The predicted octanol–water partition coefficient (Wildman–Crippen LogP) is 1.62. The Morgan fingerprint density at radius 3 is 1.50 bits per heavy atom. The van der Waals surface area contributed by atoms with E-state index in [0.717, 1.165) is 0 Å². The number of hydrogen-bond acceptors (Lipinski definition) is 4. The Morgan fingerprint density at radius 1 is 0.958 bits per heavy atom. The molecule has 24 heavy (non-hydrogen) atoms. The smallest absolute Gasteiger partial charge is 0.335 e. The Balaban J connectivity index is 0. The maximum atomic E-state index is 10.2. The quantitative estimate of drug-likeness (QED) is 0.458. The minimum atomic E-state index is -1.02. The van der Waals surface area contributed by atoms with Crippen LogP contribution in [0.2, 0.25) is 0 Å². The van der Waals surface area contributed by atoms with Gasteiger partial charge >= 0.3 is 5.97 Å². The third-order valence-electron chi connectivity index (χ3n) is 1.82. The Hall–Kier alpha value is -2.80. The van der Waals surface area contributed by atoms with E-state index in [9.17, 15) is 4.79 Å². The van der Waals surface area contributed by atoms with Gasteiger partial charge in [0.15, 0.2) is 0 Å². The van der Waals surface area contributed by atoms with Gasteiger partial charge in [0, 0.05) is 0 Å². The van der Waals surface area contributed by atoms with Crippen LogP contribution in [0.1, 0.15) is 38.1 Å². The molecular weight excluding hydrogens is 312 g/mol. The maximum Gasteiger partial charge on any atom is 0.335 e. The van der Waals surface area contributed by atoms with Gasteiger partial charge in [-0.3, -0.25) is 4.79 Å². The lowest BCUT2D eigenvalue weighted by molar-refractivity contribution is -0.122. The van der Waals surface area contributed by atoms with Gasteiger partial charge in [-0.2, -0.15) is 0 Å². The summed E-state index contributed by atoms with van der Waals surface area (Å²) in [5.41, 5.74) is -1.71. The lowest BCUT2D eigenvalue weighted by atomic mass is 10.1. The third-order valence-corrected chi connectivity index (χ3v) is 1.82. The lowest BCUT2D eigenvalue weighted by Crippen LogP contribution is -2.15. The van der Waals surface area contributed by atoms with Crippen LogP contribution in [0, 0.1) is 23.7 Å². The summed E-state index contributed by atoms with van der Waals surface area (Å²) in [6.45, 7) is 6.05. The molecule has 130 valence electrons. The molecule has 0 aliphatic rings. The molecule has 6 nitrogen and oxygen atoms in total. The van der Waals surface area contributed by atoms with Crippen LogP contribution >= 0.6 is 0 Å². The second kappa shape index (κ2) is 11.7. The van der Waals surface area contributed by atoms with E-state index in [2.05, 4.69) is 23.7 Å². The average Bonchev–Trinajstić information content (AvgIpc) is 2.44. The fourth-order valence-electron chi connectivity index (χ4n) is 0.949. The molecule has 0 amide bonds. The molecule has 0 saturated carbocycles. The maximum absolute atomic E-state index is 10.2. The lowest BCUT2D eigenvalue weighted by Gasteiger charge is -2.05. The number of aromatic carboxylic acids is 1. The van der Waals surface area contributed by atoms with Crippen molar-refractivity contribution >= 4 is 12.4 Å². The van der Waals surface area contributed by atoms with E-state index in [0.29, 0.717) is 5.56 Å². The number of carbonyl (C=O) groups is 2. The molecular formula is C18H22O6. The normalized spacial score (nSPS) is 9.25. The Bertz CT molecular complexity index is 583. The zero-order valence-corrected chi connectivity index (χ0v) is 14.1. The fourth-order valence-corrected chi connectivity index (χ4v) is 0.949. The van der Waals surface area contributed by atoms with Crippen LogP contribution in [0.25, 0.3) is 0 Å². The minimum absolute atomic E-state index is 0.250. The van der Waals surface area contributed by atoms with E-state index < -0.39 is 17.2 Å². The standard InChI is InChI=1S/C10H14O2.C7H6O2.CH2O2/c1-9(2,11)7-5-6-8-10(3,4)12;8-7(9)6-4-2-1-3-5-6;2-1-3/h11-12H,1-4H3;1-5H,(H,8,9);1H,(H,2,3). The van der Waals surface area contributed by atoms with E-state index >= 15 is 0 Å². The van der Waals surface area contributed by atoms with Gasteiger partial charge in [-0.05, 0) is 51.7 Å². The summed E-state index contributed by atoms with van der Waals surface area (Å²) < 4.78 is 0. The molecule has 0 aliphatic heterocycles. The molecule has 0 spiro atoms. The molecule has 0 aromatic heterocycles. The summed E-state index contributed by atoms with van der Waals surface area (Å²) in [5, 5.41) is 33.6. The van der Waals surface area contributed by atoms with Crippen molar-refractivity contribution in [2.45, 2.75) is 38.9 Å². The fraction of sp³-hybridized carbons (Fsp3) is 0.333. The topological polar surface area (TPSA) is 115 Å². The Labute approximate surface area is 141 Å². The SMILES string of the molecule is CC(C)(O)C#CC#CC(C)(C)O.O=C(O)c1ccccc1.O=CO. The van der Waals surface area contributed by atoms with Crippen molar-refractivity contribution in [1.82, 2.24) is 0 Å². The van der Waals surface area contributed by atoms with Crippen molar-refractivity contribution in [3.05, 3.63) is 35.9 Å². The second-order valence-electron chi connectivity index (χ2n) is 5.39. The highest BCUT2D eigenvalue weighted by molar-refractivity contribution is 5.87. The van der Waals surface area contributed by atoms with Crippen molar-refractivity contribution in [3.63, 3.8) is 0 Å². The van der Waals surface area contributed by atoms with Gasteiger partial charge in [0.1, 0.15) is 11.2 Å². The molecule has 1 aromatic carbocycles. The van der Waals surface area contributed by atoms with E-state index in [1.807, 2.05) is 0 Å². The van der Waals surface area contributed by atoms with Crippen molar-refractivity contribution in [1.29, 1.82) is 0 Å². The van der Waals surface area contributed by atoms with E-state index in [1.165, 1.54) is 0 Å². The largest absolute Gasteiger partial charge is 0.483 e. The molecule has 0 fully saturated rings. The minimum Gasteiger partial charge on any atom is -0.483 e. The molecule has 0 unspecified atom stereocenters. The first-order valence-electron chi connectivity index (χ1n) is 6.78. The van der Waals surface area contributed by atoms with Crippen molar-refractivity contribution < 1.29 is 30.0 Å². The van der Waals surface area contributed by atoms with Crippen LogP contribution in [0.3, 0.4) is 0 Å². The van der Waals surface area contributed by atoms with E-state index in [-0.39, 0.29) is 6.47 Å².